The van der Waals surface area contributed by atoms with Crippen molar-refractivity contribution in [3.05, 3.63) is 72.8 Å². The highest BCUT2D eigenvalue weighted by Crippen LogP contribution is 2.25. The summed E-state index contributed by atoms with van der Waals surface area (Å²) in [6, 6.07) is 22.7. The molecule has 3 aromatic carbocycles. The zero-order chi connectivity index (χ0) is 32.8. The number of unbranched alkanes of at least 4 members (excludes halogenated alkanes) is 6. The van der Waals surface area contributed by atoms with Gasteiger partial charge in [-0.25, -0.2) is 0 Å². The topological polar surface area (TPSA) is 115 Å². The van der Waals surface area contributed by atoms with Crippen LogP contribution in [0.15, 0.2) is 93.3 Å². The summed E-state index contributed by atoms with van der Waals surface area (Å²) in [5.74, 6) is 0.521. The van der Waals surface area contributed by atoms with E-state index in [0.29, 0.717) is 44.9 Å². The fraction of sp³-hybridized carbons (Fsp3) is 0.444. The van der Waals surface area contributed by atoms with Crippen molar-refractivity contribution in [3.63, 3.8) is 0 Å². The maximum atomic E-state index is 11.3. The van der Waals surface area contributed by atoms with Crippen LogP contribution in [0.25, 0.3) is 0 Å². The number of esters is 2. The number of ether oxygens (including phenoxy) is 3. The molecule has 10 nitrogen and oxygen atoms in total. The van der Waals surface area contributed by atoms with Gasteiger partial charge in [-0.3, -0.25) is 9.59 Å². The quantitative estimate of drug-likeness (QED) is 0.0658. The molecule has 0 radical (unpaired) electrons. The fourth-order valence-corrected chi connectivity index (χ4v) is 4.29. The zero-order valence-corrected chi connectivity index (χ0v) is 27.4. The summed E-state index contributed by atoms with van der Waals surface area (Å²) in [5, 5.41) is 17.3. The molecule has 3 aromatic rings. The second kappa shape index (κ2) is 21.2. The van der Waals surface area contributed by atoms with Crippen molar-refractivity contribution < 1.29 is 23.8 Å². The lowest BCUT2D eigenvalue weighted by Gasteiger charge is -2.19. The summed E-state index contributed by atoms with van der Waals surface area (Å²) in [7, 11) is 1.95. The van der Waals surface area contributed by atoms with E-state index in [2.05, 4.69) is 20.5 Å². The number of carbonyl (C=O) groups excluding carboxylic acids is 2. The molecule has 0 aliphatic rings. The minimum Gasteiger partial charge on any atom is -0.494 e. The number of nitrogens with zero attached hydrogens (tertiary/aromatic N) is 5. The highest BCUT2D eigenvalue weighted by atomic mass is 16.5. The third-order valence-electron chi connectivity index (χ3n) is 7.13. The van der Waals surface area contributed by atoms with Crippen molar-refractivity contribution in [1.29, 1.82) is 0 Å². The van der Waals surface area contributed by atoms with Gasteiger partial charge in [-0.15, -0.1) is 0 Å². The Labute approximate surface area is 272 Å². The molecule has 0 aromatic heterocycles. The number of likely N-dealkylation sites (N-methyl/N-ethyl adjacent to an activating group) is 1. The molecule has 46 heavy (non-hydrogen) atoms. The van der Waals surface area contributed by atoms with E-state index in [1.165, 1.54) is 19.3 Å². The number of carbonyl (C=O) groups is 2. The Kier molecular flexibility index (Phi) is 16.5. The summed E-state index contributed by atoms with van der Waals surface area (Å²) in [5.41, 5.74) is 3.92. The highest BCUT2D eigenvalue weighted by Gasteiger charge is 2.04. The third-order valence-corrected chi connectivity index (χ3v) is 7.13. The second-order valence-electron chi connectivity index (χ2n) is 10.8. The first-order valence-electron chi connectivity index (χ1n) is 16.3. The van der Waals surface area contributed by atoms with Crippen LogP contribution < -0.4 is 9.64 Å². The highest BCUT2D eigenvalue weighted by molar-refractivity contribution is 5.69. The average Bonchev–Trinajstić information content (AvgIpc) is 3.09. The maximum absolute atomic E-state index is 11.3. The van der Waals surface area contributed by atoms with Crippen LogP contribution in [-0.2, 0) is 19.1 Å². The molecule has 0 spiro atoms. The van der Waals surface area contributed by atoms with E-state index < -0.39 is 0 Å². The molecule has 0 aliphatic heterocycles. The number of anilines is 1. The van der Waals surface area contributed by atoms with Crippen molar-refractivity contribution in [3.8, 4) is 5.75 Å². The van der Waals surface area contributed by atoms with Gasteiger partial charge in [0.25, 0.3) is 0 Å². The lowest BCUT2D eigenvalue weighted by atomic mass is 10.1. The Morgan fingerprint density at radius 2 is 0.935 bits per heavy atom. The molecule has 0 saturated heterocycles. The molecule has 0 aliphatic carbocycles. The minimum atomic E-state index is -0.191. The molecule has 0 unspecified atom stereocenters. The molecule has 0 fully saturated rings. The van der Waals surface area contributed by atoms with Crippen molar-refractivity contribution in [2.45, 2.75) is 71.6 Å². The SMILES string of the molecule is CCC(=O)OCCCCCCCCCOc1ccc(N=Nc2ccc(N=Nc3ccc(N(C)CCOC(=O)CC)cc3)cc2)cc1. The standard InChI is InChI=1S/C36H47N5O5/c1-4-35(42)45-27-12-10-8-6-7-9-11-26-44-34-23-19-32(20-24-34)40-38-30-15-13-29(14-16-30)37-39-31-17-21-33(22-18-31)41(3)25-28-46-36(43)5-2/h13-24H,4-12,25-28H2,1-3H3. The molecule has 0 amide bonds. The fourth-order valence-electron chi connectivity index (χ4n) is 4.29. The molecule has 0 saturated carbocycles. The number of hydrogen-bond donors (Lipinski definition) is 0. The lowest BCUT2D eigenvalue weighted by Crippen LogP contribution is -2.23. The monoisotopic (exact) mass is 629 g/mol. The van der Waals surface area contributed by atoms with E-state index in [-0.39, 0.29) is 11.9 Å². The normalized spacial score (nSPS) is 11.2. The van der Waals surface area contributed by atoms with Gasteiger partial charge in [-0.05, 0) is 85.6 Å². The van der Waals surface area contributed by atoms with E-state index in [4.69, 9.17) is 14.2 Å². The number of benzene rings is 3. The van der Waals surface area contributed by atoms with Crippen molar-refractivity contribution in [1.82, 2.24) is 0 Å². The van der Waals surface area contributed by atoms with E-state index in [0.717, 1.165) is 54.2 Å². The van der Waals surface area contributed by atoms with Crippen LogP contribution in [0.5, 0.6) is 5.75 Å². The third kappa shape index (κ3) is 14.5. The minimum absolute atomic E-state index is 0.114. The molecular formula is C36H47N5O5. The first kappa shape index (κ1) is 35.9. The summed E-state index contributed by atoms with van der Waals surface area (Å²) >= 11 is 0. The molecule has 0 bridgehead atoms. The van der Waals surface area contributed by atoms with Crippen LogP contribution >= 0.6 is 0 Å². The lowest BCUT2D eigenvalue weighted by molar-refractivity contribution is -0.144. The van der Waals surface area contributed by atoms with Crippen LogP contribution in [0, 0.1) is 0 Å². The van der Waals surface area contributed by atoms with E-state index in [1.807, 2.05) is 91.7 Å². The predicted molar refractivity (Wildman–Crippen MR) is 181 cm³/mol. The van der Waals surface area contributed by atoms with Gasteiger partial charge in [0.05, 0.1) is 42.5 Å². The van der Waals surface area contributed by atoms with E-state index in [1.54, 1.807) is 6.92 Å². The van der Waals surface area contributed by atoms with Gasteiger partial charge < -0.3 is 19.1 Å². The van der Waals surface area contributed by atoms with Gasteiger partial charge in [0, 0.05) is 25.6 Å². The van der Waals surface area contributed by atoms with Gasteiger partial charge in [-0.2, -0.15) is 20.5 Å². The van der Waals surface area contributed by atoms with Crippen LogP contribution in [0.2, 0.25) is 0 Å². The van der Waals surface area contributed by atoms with Gasteiger partial charge in [0.15, 0.2) is 0 Å². The van der Waals surface area contributed by atoms with Crippen LogP contribution in [0.4, 0.5) is 28.4 Å². The first-order chi connectivity index (χ1) is 22.5. The van der Waals surface area contributed by atoms with Crippen LogP contribution in [0.3, 0.4) is 0 Å². The molecule has 0 heterocycles. The first-order valence-corrected chi connectivity index (χ1v) is 16.3. The maximum Gasteiger partial charge on any atom is 0.305 e. The second-order valence-corrected chi connectivity index (χ2v) is 10.8. The Balaban J connectivity index is 1.31. The predicted octanol–water partition coefficient (Wildman–Crippen LogP) is 9.97. The average molecular weight is 630 g/mol. The molecule has 3 rings (SSSR count). The van der Waals surface area contributed by atoms with E-state index >= 15 is 0 Å². The van der Waals surface area contributed by atoms with Crippen LogP contribution in [-0.4, -0.2) is 45.4 Å². The molecule has 10 heteroatoms. The number of hydrogen-bond acceptors (Lipinski definition) is 10. The Morgan fingerprint density at radius 1 is 0.543 bits per heavy atom. The Hall–Kier alpha value is -4.60. The Bertz CT molecular complexity index is 1360. The van der Waals surface area contributed by atoms with Crippen molar-refractivity contribution >= 4 is 40.4 Å². The summed E-state index contributed by atoms with van der Waals surface area (Å²) in [4.78, 5) is 24.4. The molecular weight excluding hydrogens is 582 g/mol. The van der Waals surface area contributed by atoms with Crippen molar-refractivity contribution in [2.24, 2.45) is 20.5 Å². The summed E-state index contributed by atoms with van der Waals surface area (Å²) in [6.07, 6.45) is 8.61. The van der Waals surface area contributed by atoms with Gasteiger partial charge in [0.2, 0.25) is 0 Å². The number of rotatable bonds is 21. The summed E-state index contributed by atoms with van der Waals surface area (Å²) < 4.78 is 16.1. The molecule has 0 N–H and O–H groups in total. The smallest absolute Gasteiger partial charge is 0.305 e. The number of azo groups is 2. The molecule has 246 valence electrons. The largest absolute Gasteiger partial charge is 0.494 e. The van der Waals surface area contributed by atoms with Gasteiger partial charge >= 0.3 is 11.9 Å². The van der Waals surface area contributed by atoms with Crippen LogP contribution in [0.1, 0.15) is 71.6 Å². The van der Waals surface area contributed by atoms with Crippen molar-refractivity contribution in [2.75, 3.05) is 38.3 Å². The van der Waals surface area contributed by atoms with Gasteiger partial charge in [-0.1, -0.05) is 46.0 Å². The Morgan fingerprint density at radius 3 is 1.41 bits per heavy atom. The van der Waals surface area contributed by atoms with Gasteiger partial charge in [0.1, 0.15) is 12.4 Å². The zero-order valence-electron chi connectivity index (χ0n) is 27.4. The molecule has 0 atom stereocenters. The van der Waals surface area contributed by atoms with E-state index in [9.17, 15) is 9.59 Å². The summed E-state index contributed by atoms with van der Waals surface area (Å²) in [6.45, 7) is 5.80.